The third kappa shape index (κ3) is 5.01. The summed E-state index contributed by atoms with van der Waals surface area (Å²) in [6, 6.07) is 0. The molecule has 0 saturated heterocycles. The number of hydrogen-bond acceptors (Lipinski definition) is 7. The minimum atomic E-state index is -0.689. The van der Waals surface area contributed by atoms with Crippen LogP contribution in [0, 0.1) is 0 Å². The highest BCUT2D eigenvalue weighted by Gasteiger charge is 2.07. The predicted octanol–water partition coefficient (Wildman–Crippen LogP) is -1.39. The molecular weight excluding hydrogens is 232 g/mol. The molecule has 16 heavy (non-hydrogen) atoms. The number of nitrogens with one attached hydrogen (secondary N) is 2. The van der Waals surface area contributed by atoms with Crippen LogP contribution < -0.4 is 15.4 Å². The Balaban J connectivity index is 2.07. The summed E-state index contributed by atoms with van der Waals surface area (Å²) in [5.74, 6) is 0.271. The number of aromatic nitrogens is 2. The molecule has 1 amide bonds. The van der Waals surface area contributed by atoms with Crippen molar-refractivity contribution in [1.82, 2.24) is 19.4 Å². The second-order valence-corrected chi connectivity index (χ2v) is 3.57. The van der Waals surface area contributed by atoms with E-state index in [1.807, 2.05) is 0 Å². The quantitative estimate of drug-likeness (QED) is 0.548. The van der Waals surface area contributed by atoms with Gasteiger partial charge in [0.05, 0.1) is 18.3 Å². The number of carbonyl (C=O) groups excluding carboxylic acids is 1. The molecule has 0 aliphatic rings. The highest BCUT2D eigenvalue weighted by molar-refractivity contribution is 6.99. The van der Waals surface area contributed by atoms with E-state index >= 15 is 0 Å². The van der Waals surface area contributed by atoms with E-state index in [1.165, 1.54) is 6.20 Å². The lowest BCUT2D eigenvalue weighted by Crippen LogP contribution is -2.37. The lowest BCUT2D eigenvalue weighted by Gasteiger charge is -2.11. The monoisotopic (exact) mass is 246 g/mol. The highest BCUT2D eigenvalue weighted by Crippen LogP contribution is 2.04. The molecular formula is C8H14N4O3S. The maximum absolute atomic E-state index is 10.8. The van der Waals surface area contributed by atoms with E-state index in [2.05, 4.69) is 19.4 Å². The third-order valence-corrected chi connectivity index (χ3v) is 2.17. The highest BCUT2D eigenvalue weighted by atomic mass is 32.1. The average molecular weight is 246 g/mol. The molecule has 3 N–H and O–H groups in total. The summed E-state index contributed by atoms with van der Waals surface area (Å²) < 4.78 is 12.7. The molecule has 1 aromatic heterocycles. The van der Waals surface area contributed by atoms with Crippen LogP contribution in [0.15, 0.2) is 6.20 Å². The molecule has 0 bridgehead atoms. The molecule has 1 atom stereocenters. The van der Waals surface area contributed by atoms with Crippen molar-refractivity contribution in [2.75, 3.05) is 26.7 Å². The first-order valence-electron chi connectivity index (χ1n) is 4.72. The average Bonchev–Trinajstić information content (AvgIpc) is 2.79. The summed E-state index contributed by atoms with van der Waals surface area (Å²) in [4.78, 5) is 10.8. The lowest BCUT2D eigenvalue weighted by atomic mass is 10.4. The Labute approximate surface area is 97.2 Å². The van der Waals surface area contributed by atoms with Crippen molar-refractivity contribution in [2.24, 2.45) is 0 Å². The number of hydrogen-bond donors (Lipinski definition) is 3. The van der Waals surface area contributed by atoms with E-state index in [4.69, 9.17) is 4.74 Å². The van der Waals surface area contributed by atoms with Crippen molar-refractivity contribution >= 4 is 17.6 Å². The Hall–Kier alpha value is -1.25. The molecule has 0 radical (unpaired) electrons. The van der Waals surface area contributed by atoms with E-state index in [9.17, 15) is 9.90 Å². The molecule has 7 nitrogen and oxygen atoms in total. The van der Waals surface area contributed by atoms with Crippen LogP contribution in [0.5, 0.6) is 5.88 Å². The number of likely N-dealkylation sites (N-methyl/N-ethyl adjacent to an activating group) is 1. The van der Waals surface area contributed by atoms with Gasteiger partial charge in [-0.15, -0.1) is 4.37 Å². The molecule has 1 unspecified atom stereocenters. The van der Waals surface area contributed by atoms with Gasteiger partial charge in [0, 0.05) is 13.6 Å². The third-order valence-electron chi connectivity index (χ3n) is 1.71. The molecule has 0 spiro atoms. The molecule has 0 aliphatic carbocycles. The standard InChI is InChI=1S/C8H14N4O3S/c1-9-7(14)3-10-2-6(13)5-15-8-4-11-16-12-8/h4,6,10,13H,2-3,5H2,1H3,(H,9,14). The Morgan fingerprint density at radius 1 is 1.75 bits per heavy atom. The molecule has 90 valence electrons. The van der Waals surface area contributed by atoms with Crippen LogP contribution in [0.1, 0.15) is 0 Å². The zero-order chi connectivity index (χ0) is 11.8. The van der Waals surface area contributed by atoms with Crippen molar-refractivity contribution in [1.29, 1.82) is 0 Å². The zero-order valence-corrected chi connectivity index (χ0v) is 9.66. The first-order valence-corrected chi connectivity index (χ1v) is 5.45. The van der Waals surface area contributed by atoms with Crippen LogP contribution in [0.3, 0.4) is 0 Å². The van der Waals surface area contributed by atoms with E-state index < -0.39 is 6.10 Å². The van der Waals surface area contributed by atoms with Crippen molar-refractivity contribution in [3.8, 4) is 5.88 Å². The van der Waals surface area contributed by atoms with Gasteiger partial charge in [-0.05, 0) is 0 Å². The molecule has 1 heterocycles. The van der Waals surface area contributed by atoms with Crippen molar-refractivity contribution < 1.29 is 14.6 Å². The fourth-order valence-electron chi connectivity index (χ4n) is 0.901. The number of rotatable bonds is 7. The maximum Gasteiger partial charge on any atom is 0.245 e. The first-order chi connectivity index (χ1) is 7.72. The number of nitrogens with zero attached hydrogens (tertiary/aromatic N) is 2. The topological polar surface area (TPSA) is 96.4 Å². The van der Waals surface area contributed by atoms with Gasteiger partial charge in [0.15, 0.2) is 0 Å². The van der Waals surface area contributed by atoms with Crippen molar-refractivity contribution in [2.45, 2.75) is 6.10 Å². The minimum Gasteiger partial charge on any atom is -0.473 e. The number of amides is 1. The second kappa shape index (κ2) is 7.09. The molecule has 0 aliphatic heterocycles. The van der Waals surface area contributed by atoms with Crippen LogP contribution in [-0.4, -0.2) is 52.6 Å². The van der Waals surface area contributed by atoms with Crippen LogP contribution in [0.4, 0.5) is 0 Å². The van der Waals surface area contributed by atoms with Gasteiger partial charge < -0.3 is 20.5 Å². The summed E-state index contributed by atoms with van der Waals surface area (Å²) in [6.45, 7) is 0.572. The van der Waals surface area contributed by atoms with Gasteiger partial charge in [0.1, 0.15) is 18.9 Å². The summed E-state index contributed by atoms with van der Waals surface area (Å²) >= 11 is 1.04. The Bertz CT molecular complexity index is 306. The second-order valence-electron chi connectivity index (χ2n) is 3.01. The van der Waals surface area contributed by atoms with Crippen LogP contribution in [-0.2, 0) is 4.79 Å². The smallest absolute Gasteiger partial charge is 0.245 e. The van der Waals surface area contributed by atoms with E-state index in [-0.39, 0.29) is 25.6 Å². The summed E-state index contributed by atoms with van der Waals surface area (Å²) in [6.07, 6.45) is 0.793. The number of aliphatic hydroxyl groups excluding tert-OH is 1. The summed E-state index contributed by atoms with van der Waals surface area (Å²) in [5, 5.41) is 14.7. The van der Waals surface area contributed by atoms with Gasteiger partial charge in [0.2, 0.25) is 11.8 Å². The van der Waals surface area contributed by atoms with Crippen LogP contribution >= 0.6 is 11.7 Å². The summed E-state index contributed by atoms with van der Waals surface area (Å²) in [7, 11) is 1.55. The van der Waals surface area contributed by atoms with Gasteiger partial charge >= 0.3 is 0 Å². The van der Waals surface area contributed by atoms with Crippen molar-refractivity contribution in [3.05, 3.63) is 6.20 Å². The predicted molar refractivity (Wildman–Crippen MR) is 58.3 cm³/mol. The lowest BCUT2D eigenvalue weighted by molar-refractivity contribution is -0.119. The van der Waals surface area contributed by atoms with Gasteiger partial charge in [0.25, 0.3) is 0 Å². The molecule has 1 rings (SSSR count). The fourth-order valence-corrected chi connectivity index (χ4v) is 1.27. The molecule has 0 fully saturated rings. The Kier molecular flexibility index (Phi) is 5.68. The first kappa shape index (κ1) is 12.8. The normalized spacial score (nSPS) is 12.1. The van der Waals surface area contributed by atoms with E-state index in [1.54, 1.807) is 7.05 Å². The fraction of sp³-hybridized carbons (Fsp3) is 0.625. The molecule has 0 aromatic carbocycles. The van der Waals surface area contributed by atoms with Gasteiger partial charge in [-0.25, -0.2) is 0 Å². The Morgan fingerprint density at radius 2 is 2.56 bits per heavy atom. The maximum atomic E-state index is 10.8. The van der Waals surface area contributed by atoms with E-state index in [0.717, 1.165) is 11.7 Å². The zero-order valence-electron chi connectivity index (χ0n) is 8.84. The van der Waals surface area contributed by atoms with Crippen molar-refractivity contribution in [3.63, 3.8) is 0 Å². The number of aliphatic hydroxyl groups is 1. The van der Waals surface area contributed by atoms with Gasteiger partial charge in [-0.1, -0.05) is 0 Å². The molecule has 1 aromatic rings. The minimum absolute atomic E-state index is 0.117. The SMILES string of the molecule is CNC(=O)CNCC(O)COc1cnsn1. The summed E-state index contributed by atoms with van der Waals surface area (Å²) in [5.41, 5.74) is 0. The van der Waals surface area contributed by atoms with Gasteiger partial charge in [-0.3, -0.25) is 4.79 Å². The van der Waals surface area contributed by atoms with Crippen LogP contribution in [0.2, 0.25) is 0 Å². The van der Waals surface area contributed by atoms with Gasteiger partial charge in [-0.2, -0.15) is 4.37 Å². The number of carbonyl (C=O) groups is 1. The van der Waals surface area contributed by atoms with E-state index in [0.29, 0.717) is 5.88 Å². The Morgan fingerprint density at radius 3 is 3.19 bits per heavy atom. The van der Waals surface area contributed by atoms with Crippen LogP contribution in [0.25, 0.3) is 0 Å². The largest absolute Gasteiger partial charge is 0.473 e. The molecule has 0 saturated carbocycles. The molecule has 8 heteroatoms. The number of ether oxygens (including phenoxy) is 1.